The molecular formula is C31H36FN5O6. The van der Waals surface area contributed by atoms with Crippen LogP contribution in [0.1, 0.15) is 43.7 Å². The fourth-order valence-corrected chi connectivity index (χ4v) is 5.33. The number of hydrogen-bond acceptors (Lipinski definition) is 8. The number of amides is 3. The number of nitrogens with zero attached hydrogens (tertiary/aromatic N) is 3. The molecule has 0 bridgehead atoms. The molecule has 2 fully saturated rings. The largest absolute Gasteiger partial charge is 0.450 e. The maximum atomic E-state index is 13.6. The average Bonchev–Trinajstić information content (AvgIpc) is 3.56. The molecule has 228 valence electrons. The first-order valence-corrected chi connectivity index (χ1v) is 14.4. The van der Waals surface area contributed by atoms with Gasteiger partial charge in [0.1, 0.15) is 18.5 Å². The van der Waals surface area contributed by atoms with Crippen LogP contribution in [0, 0.1) is 23.1 Å². The number of rotatable bonds is 10. The molecule has 0 radical (unpaired) electrons. The zero-order valence-corrected chi connectivity index (χ0v) is 24.1. The van der Waals surface area contributed by atoms with Gasteiger partial charge in [0.2, 0.25) is 12.0 Å². The number of alkyl carbamates (subject to hydrolysis) is 1. The summed E-state index contributed by atoms with van der Waals surface area (Å²) in [6.45, 7) is 3.45. The standard InChI is InChI=1S/C31H36FN5O6/c1-21(38)43-28(30(40)37-13-5-6-14-37)27(35-31(41)42-20-23-7-3-2-4-8-23)29(39)34-19-22-11-15-36(16-12-22)26-10-9-25(32)17-24(26)18-33/h2-4,7-10,17,22,27-28H,5-6,11-16,19-20H2,1H3,(H,34,39)(H,35,41)/t27-,28-/m1/s1. The minimum atomic E-state index is -1.57. The summed E-state index contributed by atoms with van der Waals surface area (Å²) in [4.78, 5) is 55.2. The number of hydrogen-bond donors (Lipinski definition) is 2. The van der Waals surface area contributed by atoms with Gasteiger partial charge in [0.15, 0.2) is 6.04 Å². The second-order valence-corrected chi connectivity index (χ2v) is 10.7. The summed E-state index contributed by atoms with van der Waals surface area (Å²) >= 11 is 0. The Morgan fingerprint density at radius 3 is 2.40 bits per heavy atom. The maximum absolute atomic E-state index is 13.6. The number of nitriles is 1. The summed E-state index contributed by atoms with van der Waals surface area (Å²) < 4.78 is 24.2. The van der Waals surface area contributed by atoms with E-state index in [1.54, 1.807) is 30.3 Å². The van der Waals surface area contributed by atoms with Gasteiger partial charge in [-0.25, -0.2) is 9.18 Å². The normalized spacial score (nSPS) is 16.5. The molecule has 4 rings (SSSR count). The molecule has 2 aromatic carbocycles. The lowest BCUT2D eigenvalue weighted by Crippen LogP contribution is -2.59. The van der Waals surface area contributed by atoms with Crippen molar-refractivity contribution in [2.75, 3.05) is 37.6 Å². The molecule has 2 N–H and O–H groups in total. The van der Waals surface area contributed by atoms with Gasteiger partial charge < -0.3 is 29.9 Å². The number of halogens is 1. The number of anilines is 1. The quantitative estimate of drug-likeness (QED) is 0.401. The first-order chi connectivity index (χ1) is 20.7. The van der Waals surface area contributed by atoms with Gasteiger partial charge in [-0.3, -0.25) is 14.4 Å². The number of esters is 1. The SMILES string of the molecule is CC(=O)O[C@@H](C(=O)N1CCCC1)[C@@H](NC(=O)OCc1ccccc1)C(=O)NCC1CCN(c2ccc(F)cc2C#N)CC1. The van der Waals surface area contributed by atoms with Gasteiger partial charge >= 0.3 is 12.1 Å². The van der Waals surface area contributed by atoms with E-state index in [4.69, 9.17) is 9.47 Å². The number of carbonyl (C=O) groups excluding carboxylic acids is 4. The summed E-state index contributed by atoms with van der Waals surface area (Å²) in [5.41, 5.74) is 1.66. The molecular weight excluding hydrogens is 557 g/mol. The maximum Gasteiger partial charge on any atom is 0.408 e. The molecule has 0 saturated carbocycles. The van der Waals surface area contributed by atoms with E-state index < -0.39 is 41.8 Å². The molecule has 2 atom stereocenters. The van der Waals surface area contributed by atoms with Crippen LogP contribution in [0.25, 0.3) is 0 Å². The van der Waals surface area contributed by atoms with Crippen molar-refractivity contribution in [1.29, 1.82) is 5.26 Å². The summed E-state index contributed by atoms with van der Waals surface area (Å²) in [5.74, 6) is -2.40. The van der Waals surface area contributed by atoms with E-state index in [9.17, 15) is 28.8 Å². The van der Waals surface area contributed by atoms with E-state index in [1.807, 2.05) is 17.0 Å². The van der Waals surface area contributed by atoms with Crippen molar-refractivity contribution in [3.63, 3.8) is 0 Å². The Morgan fingerprint density at radius 1 is 1.05 bits per heavy atom. The molecule has 2 aliphatic rings. The van der Waals surface area contributed by atoms with Gasteiger partial charge in [0.05, 0.1) is 11.3 Å². The second-order valence-electron chi connectivity index (χ2n) is 10.7. The van der Waals surface area contributed by atoms with Crippen molar-refractivity contribution in [3.8, 4) is 6.07 Å². The van der Waals surface area contributed by atoms with E-state index in [2.05, 4.69) is 10.6 Å². The van der Waals surface area contributed by atoms with E-state index in [0.29, 0.717) is 44.7 Å². The van der Waals surface area contributed by atoms with Crippen LogP contribution in [0.2, 0.25) is 0 Å². The number of ether oxygens (including phenoxy) is 2. The van der Waals surface area contributed by atoms with Crippen molar-refractivity contribution in [2.24, 2.45) is 5.92 Å². The molecule has 12 heteroatoms. The zero-order valence-electron chi connectivity index (χ0n) is 24.1. The smallest absolute Gasteiger partial charge is 0.408 e. The van der Waals surface area contributed by atoms with Gasteiger partial charge in [-0.1, -0.05) is 30.3 Å². The number of piperidine rings is 1. The van der Waals surface area contributed by atoms with Crippen molar-refractivity contribution >= 4 is 29.6 Å². The number of carbonyl (C=O) groups is 4. The first-order valence-electron chi connectivity index (χ1n) is 14.4. The predicted octanol–water partition coefficient (Wildman–Crippen LogP) is 2.88. The lowest BCUT2D eigenvalue weighted by Gasteiger charge is -2.34. The van der Waals surface area contributed by atoms with E-state index in [0.717, 1.165) is 25.3 Å². The van der Waals surface area contributed by atoms with Gasteiger partial charge in [0, 0.05) is 39.6 Å². The van der Waals surface area contributed by atoms with Crippen LogP contribution in [0.5, 0.6) is 0 Å². The Balaban J connectivity index is 1.41. The number of nitrogens with one attached hydrogen (secondary N) is 2. The third kappa shape index (κ3) is 8.67. The van der Waals surface area contributed by atoms with Gasteiger partial charge in [-0.2, -0.15) is 5.26 Å². The van der Waals surface area contributed by atoms with Crippen LogP contribution in [0.15, 0.2) is 48.5 Å². The Kier molecular flexibility index (Phi) is 10.9. The van der Waals surface area contributed by atoms with Crippen LogP contribution < -0.4 is 15.5 Å². The Hall–Kier alpha value is -4.66. The first kappa shape index (κ1) is 31.3. The summed E-state index contributed by atoms with van der Waals surface area (Å²) in [5, 5.41) is 14.7. The fraction of sp³-hybridized carbons (Fsp3) is 0.452. The lowest BCUT2D eigenvalue weighted by molar-refractivity contribution is -0.161. The van der Waals surface area contributed by atoms with Crippen LogP contribution in [0.3, 0.4) is 0 Å². The highest BCUT2D eigenvalue weighted by Crippen LogP contribution is 2.26. The van der Waals surface area contributed by atoms with Crippen LogP contribution in [-0.2, 0) is 30.5 Å². The third-order valence-electron chi connectivity index (χ3n) is 7.62. The topological polar surface area (TPSA) is 141 Å². The van der Waals surface area contributed by atoms with Crippen LogP contribution >= 0.6 is 0 Å². The Bertz CT molecular complexity index is 1340. The Labute approximate surface area is 249 Å². The summed E-state index contributed by atoms with van der Waals surface area (Å²) in [7, 11) is 0. The molecule has 2 aromatic rings. The molecule has 3 amide bonds. The fourth-order valence-electron chi connectivity index (χ4n) is 5.33. The molecule has 2 saturated heterocycles. The number of benzene rings is 2. The highest BCUT2D eigenvalue weighted by Gasteiger charge is 2.41. The van der Waals surface area contributed by atoms with Crippen molar-refractivity contribution in [1.82, 2.24) is 15.5 Å². The molecule has 2 heterocycles. The molecule has 2 aliphatic heterocycles. The molecule has 0 unspecified atom stereocenters. The van der Waals surface area contributed by atoms with Gasteiger partial charge in [0.25, 0.3) is 5.91 Å². The third-order valence-corrected chi connectivity index (χ3v) is 7.62. The van der Waals surface area contributed by atoms with Crippen molar-refractivity contribution in [3.05, 3.63) is 65.5 Å². The Morgan fingerprint density at radius 2 is 1.74 bits per heavy atom. The van der Waals surface area contributed by atoms with Gasteiger partial charge in [-0.05, 0) is 55.4 Å². The molecule has 43 heavy (non-hydrogen) atoms. The highest BCUT2D eigenvalue weighted by atomic mass is 19.1. The highest BCUT2D eigenvalue weighted by molar-refractivity contribution is 5.95. The molecule has 11 nitrogen and oxygen atoms in total. The predicted molar refractivity (Wildman–Crippen MR) is 154 cm³/mol. The minimum absolute atomic E-state index is 0.0561. The van der Waals surface area contributed by atoms with E-state index in [-0.39, 0.29) is 24.6 Å². The molecule has 0 aliphatic carbocycles. The summed E-state index contributed by atoms with van der Waals surface area (Å²) in [6, 6.07) is 13.6. The minimum Gasteiger partial charge on any atom is -0.450 e. The molecule has 0 spiro atoms. The second kappa shape index (κ2) is 15.0. The van der Waals surface area contributed by atoms with Crippen molar-refractivity contribution in [2.45, 2.75) is 51.4 Å². The van der Waals surface area contributed by atoms with Crippen LogP contribution in [-0.4, -0.2) is 73.6 Å². The summed E-state index contributed by atoms with van der Waals surface area (Å²) in [6.07, 6.45) is 0.434. The zero-order chi connectivity index (χ0) is 30.8. The van der Waals surface area contributed by atoms with Crippen molar-refractivity contribution < 1.29 is 33.0 Å². The average molecular weight is 594 g/mol. The molecule has 0 aromatic heterocycles. The number of likely N-dealkylation sites (tertiary alicyclic amines) is 1. The van der Waals surface area contributed by atoms with Crippen LogP contribution in [0.4, 0.5) is 14.9 Å². The lowest BCUT2D eigenvalue weighted by atomic mass is 9.95. The van der Waals surface area contributed by atoms with E-state index >= 15 is 0 Å². The van der Waals surface area contributed by atoms with Gasteiger partial charge in [-0.15, -0.1) is 0 Å². The monoisotopic (exact) mass is 593 g/mol. The van der Waals surface area contributed by atoms with E-state index in [1.165, 1.54) is 17.0 Å².